The number of hydrogen-bond donors (Lipinski definition) is 1. The van der Waals surface area contributed by atoms with E-state index < -0.39 is 0 Å². The lowest BCUT2D eigenvalue weighted by Crippen LogP contribution is -2.44. The van der Waals surface area contributed by atoms with Gasteiger partial charge in [0, 0.05) is 17.6 Å². The molecule has 0 radical (unpaired) electrons. The maximum Gasteiger partial charge on any atom is 0.251 e. The van der Waals surface area contributed by atoms with Gasteiger partial charge in [0.25, 0.3) is 5.91 Å². The number of benzene rings is 2. The van der Waals surface area contributed by atoms with Crippen molar-refractivity contribution in [2.75, 3.05) is 12.0 Å². The van der Waals surface area contributed by atoms with Crippen molar-refractivity contribution in [2.24, 2.45) is 0 Å². The average Bonchev–Trinajstić information content (AvgIpc) is 3.14. The Morgan fingerprint density at radius 1 is 1.00 bits per heavy atom. The van der Waals surface area contributed by atoms with Crippen LogP contribution in [0.3, 0.4) is 0 Å². The number of amides is 2. The molecule has 0 bridgehead atoms. The minimum atomic E-state index is -0.308. The lowest BCUT2D eigenvalue weighted by Gasteiger charge is -2.31. The molecule has 3 aromatic rings. The minimum Gasteiger partial charge on any atom is -0.342 e. The molecule has 33 heavy (non-hydrogen) atoms. The number of para-hydroxylation sites is 2. The van der Waals surface area contributed by atoms with E-state index in [1.165, 1.54) is 0 Å². The summed E-state index contributed by atoms with van der Waals surface area (Å²) in [4.78, 5) is 33.1. The Bertz CT molecular complexity index is 1070. The number of aromatic nitrogens is 2. The second-order valence-corrected chi connectivity index (χ2v) is 9.69. The number of hydrogen-bond acceptors (Lipinski definition) is 4. The van der Waals surface area contributed by atoms with E-state index in [0.29, 0.717) is 5.56 Å². The third-order valence-electron chi connectivity index (χ3n) is 5.64. The summed E-state index contributed by atoms with van der Waals surface area (Å²) >= 11 is 1.72. The number of nitrogens with zero attached hydrogens (tertiary/aromatic N) is 3. The smallest absolute Gasteiger partial charge is 0.251 e. The fraction of sp³-hybridized carbons (Fsp3) is 0.423. The van der Waals surface area contributed by atoms with Crippen LogP contribution in [0.15, 0.2) is 54.6 Å². The van der Waals surface area contributed by atoms with Crippen LogP contribution < -0.4 is 5.32 Å². The van der Waals surface area contributed by atoms with Gasteiger partial charge in [-0.25, -0.2) is 4.98 Å². The Morgan fingerprint density at radius 3 is 2.27 bits per heavy atom. The summed E-state index contributed by atoms with van der Waals surface area (Å²) in [6, 6.07) is 16.9. The molecular formula is C26H34N4O2S. The van der Waals surface area contributed by atoms with Gasteiger partial charge in [-0.1, -0.05) is 30.3 Å². The Morgan fingerprint density at radius 2 is 1.64 bits per heavy atom. The van der Waals surface area contributed by atoms with Crippen molar-refractivity contribution in [1.82, 2.24) is 19.8 Å². The molecule has 1 heterocycles. The van der Waals surface area contributed by atoms with Crippen molar-refractivity contribution < 1.29 is 9.59 Å². The number of fused-ring (bicyclic) bond motifs is 1. The van der Waals surface area contributed by atoms with Crippen LogP contribution >= 0.6 is 11.8 Å². The first-order chi connectivity index (χ1) is 15.8. The number of carbonyl (C=O) groups excluding carboxylic acids is 2. The maximum absolute atomic E-state index is 13.4. The Hall–Kier alpha value is -2.80. The second kappa shape index (κ2) is 11.4. The number of rotatable bonds is 10. The summed E-state index contributed by atoms with van der Waals surface area (Å²) in [6.07, 6.45) is 2.76. The molecule has 0 aliphatic rings. The molecule has 0 fully saturated rings. The largest absolute Gasteiger partial charge is 0.342 e. The summed E-state index contributed by atoms with van der Waals surface area (Å²) in [5.41, 5.74) is 2.33. The molecule has 2 aromatic carbocycles. The predicted octanol–water partition coefficient (Wildman–Crippen LogP) is 4.91. The Labute approximate surface area is 200 Å². The van der Waals surface area contributed by atoms with Gasteiger partial charge in [0.05, 0.1) is 17.1 Å². The average molecular weight is 467 g/mol. The van der Waals surface area contributed by atoms with E-state index in [-0.39, 0.29) is 36.5 Å². The highest BCUT2D eigenvalue weighted by atomic mass is 32.2. The molecule has 176 valence electrons. The van der Waals surface area contributed by atoms with Crippen LogP contribution in [0, 0.1) is 0 Å². The van der Waals surface area contributed by atoms with E-state index in [2.05, 4.69) is 5.32 Å². The summed E-state index contributed by atoms with van der Waals surface area (Å²) in [5, 5.41) is 3.17. The van der Waals surface area contributed by atoms with Gasteiger partial charge in [-0.15, -0.1) is 0 Å². The van der Waals surface area contributed by atoms with E-state index >= 15 is 0 Å². The molecular weight excluding hydrogens is 432 g/mol. The molecule has 3 rings (SSSR count). The summed E-state index contributed by atoms with van der Waals surface area (Å²) < 4.78 is 1.98. The molecule has 1 unspecified atom stereocenters. The molecule has 0 saturated heterocycles. The van der Waals surface area contributed by atoms with E-state index in [0.717, 1.165) is 29.0 Å². The zero-order valence-corrected chi connectivity index (χ0v) is 20.9. The molecule has 0 aliphatic carbocycles. The van der Waals surface area contributed by atoms with Gasteiger partial charge in [0.1, 0.15) is 12.4 Å². The van der Waals surface area contributed by atoms with E-state index in [1.54, 1.807) is 23.9 Å². The van der Waals surface area contributed by atoms with Crippen molar-refractivity contribution in [3.05, 3.63) is 66.0 Å². The fourth-order valence-electron chi connectivity index (χ4n) is 4.25. The van der Waals surface area contributed by atoms with Gasteiger partial charge < -0.3 is 14.8 Å². The highest BCUT2D eigenvalue weighted by molar-refractivity contribution is 7.98. The molecule has 2 amide bonds. The maximum atomic E-state index is 13.4. The summed E-state index contributed by atoms with van der Waals surface area (Å²) in [7, 11) is 0. The molecule has 7 heteroatoms. The van der Waals surface area contributed by atoms with Crippen LogP contribution in [0.5, 0.6) is 0 Å². The first-order valence-corrected chi connectivity index (χ1v) is 12.8. The SMILES string of the molecule is CSCCC(NC(=O)c1ccccc1)c1nc2ccccc2n1CC(=O)N(C(C)C)C(C)C. The molecule has 1 atom stereocenters. The first-order valence-electron chi connectivity index (χ1n) is 11.4. The van der Waals surface area contributed by atoms with Gasteiger partial charge in [-0.05, 0) is 70.4 Å². The quantitative estimate of drug-likeness (QED) is 0.461. The van der Waals surface area contributed by atoms with Gasteiger partial charge in [0.2, 0.25) is 5.91 Å². The number of imidazole rings is 1. The van der Waals surface area contributed by atoms with Crippen LogP contribution in [0.1, 0.15) is 56.3 Å². The fourth-order valence-corrected chi connectivity index (χ4v) is 4.72. The summed E-state index contributed by atoms with van der Waals surface area (Å²) in [5.74, 6) is 1.48. The van der Waals surface area contributed by atoms with E-state index in [4.69, 9.17) is 4.98 Å². The molecule has 6 nitrogen and oxygen atoms in total. The molecule has 0 aliphatic heterocycles. The topological polar surface area (TPSA) is 67.2 Å². The highest BCUT2D eigenvalue weighted by Gasteiger charge is 2.26. The molecule has 0 saturated carbocycles. The lowest BCUT2D eigenvalue weighted by atomic mass is 10.1. The van der Waals surface area contributed by atoms with Gasteiger partial charge in [-0.3, -0.25) is 9.59 Å². The van der Waals surface area contributed by atoms with E-state index in [9.17, 15) is 9.59 Å². The van der Waals surface area contributed by atoms with Crippen LogP contribution in [-0.2, 0) is 11.3 Å². The monoisotopic (exact) mass is 466 g/mol. The standard InChI is InChI=1S/C26H34N4O2S/c1-18(2)30(19(3)4)24(31)17-29-23-14-10-9-13-21(23)27-25(29)22(15-16-33-5)28-26(32)20-11-7-6-8-12-20/h6-14,18-19,22H,15-17H2,1-5H3,(H,28,32). The number of thioether (sulfide) groups is 1. The number of nitrogens with one attached hydrogen (secondary N) is 1. The van der Waals surface area contributed by atoms with Gasteiger partial charge in [-0.2, -0.15) is 11.8 Å². The zero-order chi connectivity index (χ0) is 24.0. The first kappa shape index (κ1) is 24.8. The van der Waals surface area contributed by atoms with Crippen LogP contribution in [-0.4, -0.2) is 50.4 Å². The lowest BCUT2D eigenvalue weighted by molar-refractivity contribution is -0.135. The normalized spacial score (nSPS) is 12.3. The Kier molecular flexibility index (Phi) is 8.55. The van der Waals surface area contributed by atoms with Crippen LogP contribution in [0.25, 0.3) is 11.0 Å². The van der Waals surface area contributed by atoms with Crippen LogP contribution in [0.2, 0.25) is 0 Å². The minimum absolute atomic E-state index is 0.0439. The Balaban J connectivity index is 2.01. The van der Waals surface area contributed by atoms with Crippen molar-refractivity contribution in [2.45, 2.75) is 58.8 Å². The van der Waals surface area contributed by atoms with Gasteiger partial charge >= 0.3 is 0 Å². The zero-order valence-electron chi connectivity index (χ0n) is 20.1. The van der Waals surface area contributed by atoms with E-state index in [1.807, 2.05) is 85.9 Å². The van der Waals surface area contributed by atoms with Crippen molar-refractivity contribution in [1.29, 1.82) is 0 Å². The predicted molar refractivity (Wildman–Crippen MR) is 136 cm³/mol. The third-order valence-corrected chi connectivity index (χ3v) is 6.29. The van der Waals surface area contributed by atoms with Crippen molar-refractivity contribution in [3.63, 3.8) is 0 Å². The van der Waals surface area contributed by atoms with Gasteiger partial charge in [0.15, 0.2) is 0 Å². The van der Waals surface area contributed by atoms with Crippen molar-refractivity contribution >= 4 is 34.6 Å². The van der Waals surface area contributed by atoms with Crippen LogP contribution in [0.4, 0.5) is 0 Å². The second-order valence-electron chi connectivity index (χ2n) is 8.71. The van der Waals surface area contributed by atoms with Crippen molar-refractivity contribution in [3.8, 4) is 0 Å². The molecule has 1 aromatic heterocycles. The molecule has 0 spiro atoms. The summed E-state index contributed by atoms with van der Waals surface area (Å²) in [6.45, 7) is 8.32. The third kappa shape index (κ3) is 5.96. The highest BCUT2D eigenvalue weighted by Crippen LogP contribution is 2.25. The molecule has 1 N–H and O–H groups in total. The number of carbonyl (C=O) groups is 2.